The van der Waals surface area contributed by atoms with Gasteiger partial charge in [-0.2, -0.15) is 0 Å². The molecule has 4 heteroatoms. The lowest BCUT2D eigenvalue weighted by Gasteiger charge is -2.40. The summed E-state index contributed by atoms with van der Waals surface area (Å²) in [6, 6.07) is 6.89. The fourth-order valence-corrected chi connectivity index (χ4v) is 6.39. The minimum atomic E-state index is -0.495. The van der Waals surface area contributed by atoms with Crippen LogP contribution in [-0.2, 0) is 9.47 Å². The molecule has 2 unspecified atom stereocenters. The maximum atomic E-state index is 13.1. The molecule has 0 aliphatic heterocycles. The third kappa shape index (κ3) is 5.44. The van der Waals surface area contributed by atoms with Crippen molar-refractivity contribution in [3.63, 3.8) is 0 Å². The highest BCUT2D eigenvalue weighted by molar-refractivity contribution is 6.03. The summed E-state index contributed by atoms with van der Waals surface area (Å²) in [4.78, 5) is 26.2. The first kappa shape index (κ1) is 22.8. The van der Waals surface area contributed by atoms with Crippen LogP contribution in [0.3, 0.4) is 0 Å². The van der Waals surface area contributed by atoms with Crippen molar-refractivity contribution in [3.05, 3.63) is 35.4 Å². The standard InChI is InChI=1S/C26H38O4/c1-17-11-18(2)14-25(5,13-17)29-23(27)21-9-7-8-10-22(21)24(28)30-26(6)15-19(3)12-20(4)16-26/h7-10,17-20H,11-16H2,1-6H3/t17-,18+,19-,20+,25?,26?. The molecule has 0 spiro atoms. The van der Waals surface area contributed by atoms with E-state index in [1.807, 2.05) is 13.8 Å². The Balaban J connectivity index is 1.77. The highest BCUT2D eigenvalue weighted by Gasteiger charge is 2.40. The lowest BCUT2D eigenvalue weighted by atomic mass is 9.74. The first-order valence-corrected chi connectivity index (χ1v) is 11.5. The summed E-state index contributed by atoms with van der Waals surface area (Å²) in [7, 11) is 0. The van der Waals surface area contributed by atoms with E-state index >= 15 is 0 Å². The topological polar surface area (TPSA) is 52.6 Å². The average molecular weight is 415 g/mol. The van der Waals surface area contributed by atoms with Crippen LogP contribution in [0.5, 0.6) is 0 Å². The largest absolute Gasteiger partial charge is 0.456 e. The van der Waals surface area contributed by atoms with Gasteiger partial charge in [-0.1, -0.05) is 39.8 Å². The quantitative estimate of drug-likeness (QED) is 0.533. The fourth-order valence-electron chi connectivity index (χ4n) is 6.39. The average Bonchev–Trinajstić information content (AvgIpc) is 2.58. The highest BCUT2D eigenvalue weighted by atomic mass is 16.6. The van der Waals surface area contributed by atoms with Gasteiger partial charge in [0, 0.05) is 0 Å². The molecule has 0 aromatic heterocycles. The summed E-state index contributed by atoms with van der Waals surface area (Å²) < 4.78 is 12.0. The molecule has 3 rings (SSSR count). The van der Waals surface area contributed by atoms with E-state index < -0.39 is 23.1 Å². The maximum Gasteiger partial charge on any atom is 0.339 e. The van der Waals surface area contributed by atoms with Crippen molar-refractivity contribution >= 4 is 11.9 Å². The molecule has 1 aromatic carbocycles. The molecular formula is C26H38O4. The molecule has 0 saturated heterocycles. The summed E-state index contributed by atoms with van der Waals surface area (Å²) in [6.07, 6.45) is 5.72. The molecule has 4 nitrogen and oxygen atoms in total. The van der Waals surface area contributed by atoms with Crippen LogP contribution in [-0.4, -0.2) is 23.1 Å². The van der Waals surface area contributed by atoms with Crippen LogP contribution in [0.25, 0.3) is 0 Å². The molecule has 166 valence electrons. The zero-order valence-electron chi connectivity index (χ0n) is 19.5. The second-order valence-corrected chi connectivity index (χ2v) is 10.9. The van der Waals surface area contributed by atoms with Crippen molar-refractivity contribution in [2.24, 2.45) is 23.7 Å². The van der Waals surface area contributed by atoms with Gasteiger partial charge >= 0.3 is 11.9 Å². The molecule has 2 saturated carbocycles. The van der Waals surface area contributed by atoms with Crippen molar-refractivity contribution in [2.45, 2.75) is 91.3 Å². The Morgan fingerprint density at radius 1 is 0.700 bits per heavy atom. The Kier molecular flexibility index (Phi) is 6.64. The SMILES string of the molecule is C[C@@H]1C[C@H](C)CC(C)(OC(=O)c2ccccc2C(=O)OC2(C)C[C@H](C)C[C@H](C)C2)C1. The van der Waals surface area contributed by atoms with Crippen LogP contribution in [0.1, 0.15) is 101 Å². The zero-order valence-corrected chi connectivity index (χ0v) is 19.5. The molecule has 0 amide bonds. The molecule has 1 aromatic rings. The van der Waals surface area contributed by atoms with Gasteiger partial charge in [-0.25, -0.2) is 9.59 Å². The number of carbonyl (C=O) groups is 2. The first-order chi connectivity index (χ1) is 14.0. The number of hydrogen-bond acceptors (Lipinski definition) is 4. The van der Waals surface area contributed by atoms with E-state index in [-0.39, 0.29) is 0 Å². The van der Waals surface area contributed by atoms with Gasteiger partial charge in [-0.3, -0.25) is 0 Å². The van der Waals surface area contributed by atoms with Gasteiger partial charge in [0.15, 0.2) is 0 Å². The first-order valence-electron chi connectivity index (χ1n) is 11.5. The van der Waals surface area contributed by atoms with Crippen molar-refractivity contribution < 1.29 is 19.1 Å². The predicted octanol–water partition coefficient (Wildman–Crippen LogP) is 6.43. The fraction of sp³-hybridized carbons (Fsp3) is 0.692. The van der Waals surface area contributed by atoms with Gasteiger partial charge in [-0.05, 0) is 88.2 Å². The van der Waals surface area contributed by atoms with Gasteiger partial charge < -0.3 is 9.47 Å². The lowest BCUT2D eigenvalue weighted by molar-refractivity contribution is -0.0511. The second kappa shape index (κ2) is 8.72. The number of hydrogen-bond donors (Lipinski definition) is 0. The normalized spacial score (nSPS) is 36.7. The van der Waals surface area contributed by atoms with E-state index in [1.54, 1.807) is 24.3 Å². The predicted molar refractivity (Wildman–Crippen MR) is 118 cm³/mol. The Morgan fingerprint density at radius 2 is 1.00 bits per heavy atom. The van der Waals surface area contributed by atoms with E-state index in [2.05, 4.69) is 27.7 Å². The second-order valence-electron chi connectivity index (χ2n) is 10.9. The van der Waals surface area contributed by atoms with Crippen LogP contribution in [0.4, 0.5) is 0 Å². The molecule has 0 radical (unpaired) electrons. The summed E-state index contributed by atoms with van der Waals surface area (Å²) in [5, 5.41) is 0. The van der Waals surface area contributed by atoms with Crippen LogP contribution < -0.4 is 0 Å². The van der Waals surface area contributed by atoms with Crippen molar-refractivity contribution in [2.75, 3.05) is 0 Å². The minimum Gasteiger partial charge on any atom is -0.456 e. The maximum absolute atomic E-state index is 13.1. The van der Waals surface area contributed by atoms with Crippen molar-refractivity contribution in [1.82, 2.24) is 0 Å². The summed E-state index contributed by atoms with van der Waals surface area (Å²) >= 11 is 0. The van der Waals surface area contributed by atoms with E-state index in [0.29, 0.717) is 34.8 Å². The highest BCUT2D eigenvalue weighted by Crippen LogP contribution is 2.40. The smallest absolute Gasteiger partial charge is 0.339 e. The van der Waals surface area contributed by atoms with Crippen LogP contribution >= 0.6 is 0 Å². The monoisotopic (exact) mass is 414 g/mol. The number of benzene rings is 1. The molecule has 2 aliphatic carbocycles. The van der Waals surface area contributed by atoms with E-state index in [0.717, 1.165) is 38.5 Å². The molecule has 0 N–H and O–H groups in total. The minimum absolute atomic E-state index is 0.301. The number of carbonyl (C=O) groups excluding carboxylic acids is 2. The lowest BCUT2D eigenvalue weighted by Crippen LogP contribution is -2.40. The zero-order chi connectivity index (χ0) is 22.1. The van der Waals surface area contributed by atoms with Gasteiger partial charge in [0.1, 0.15) is 11.2 Å². The molecule has 0 bridgehead atoms. The van der Waals surface area contributed by atoms with Crippen LogP contribution in [0, 0.1) is 23.7 Å². The Hall–Kier alpha value is -1.84. The Bertz CT molecular complexity index is 698. The number of esters is 2. The Morgan fingerprint density at radius 3 is 1.30 bits per heavy atom. The molecule has 6 atom stereocenters. The number of rotatable bonds is 4. The molecule has 2 aliphatic rings. The summed E-state index contributed by atoms with van der Waals surface area (Å²) in [5.41, 5.74) is -0.387. The van der Waals surface area contributed by atoms with Gasteiger partial charge in [0.25, 0.3) is 0 Å². The third-order valence-corrected chi connectivity index (χ3v) is 6.78. The van der Waals surface area contributed by atoms with E-state index in [4.69, 9.17) is 9.47 Å². The van der Waals surface area contributed by atoms with Crippen LogP contribution in [0.15, 0.2) is 24.3 Å². The van der Waals surface area contributed by atoms with Gasteiger partial charge in [0.05, 0.1) is 11.1 Å². The van der Waals surface area contributed by atoms with Gasteiger partial charge in [-0.15, -0.1) is 0 Å². The van der Waals surface area contributed by atoms with Crippen LogP contribution in [0.2, 0.25) is 0 Å². The third-order valence-electron chi connectivity index (χ3n) is 6.78. The molecule has 0 heterocycles. The van der Waals surface area contributed by atoms with Crippen molar-refractivity contribution in [1.29, 1.82) is 0 Å². The van der Waals surface area contributed by atoms with Crippen molar-refractivity contribution in [3.8, 4) is 0 Å². The molecular weight excluding hydrogens is 376 g/mol. The molecule has 30 heavy (non-hydrogen) atoms. The number of ether oxygens (including phenoxy) is 2. The van der Waals surface area contributed by atoms with E-state index in [1.165, 1.54) is 0 Å². The molecule has 2 fully saturated rings. The van der Waals surface area contributed by atoms with Gasteiger partial charge in [0.2, 0.25) is 0 Å². The summed E-state index contributed by atoms with van der Waals surface area (Å²) in [5.74, 6) is 1.21. The Labute approximate surface area is 181 Å². The van der Waals surface area contributed by atoms with E-state index in [9.17, 15) is 9.59 Å². The summed E-state index contributed by atoms with van der Waals surface area (Å²) in [6.45, 7) is 12.9.